The zero-order chi connectivity index (χ0) is 12.9. The molecule has 0 amide bonds. The number of ether oxygens (including phenoxy) is 2. The highest BCUT2D eigenvalue weighted by Crippen LogP contribution is 2.29. The van der Waals surface area contributed by atoms with Crippen LogP contribution in [0.15, 0.2) is 24.3 Å². The summed E-state index contributed by atoms with van der Waals surface area (Å²) in [6.45, 7) is 1.57. The van der Waals surface area contributed by atoms with Crippen molar-refractivity contribution in [2.24, 2.45) is 5.92 Å². The molecule has 1 aliphatic heterocycles. The molecule has 1 unspecified atom stereocenters. The average Bonchev–Trinajstić information content (AvgIpc) is 3.29. The van der Waals surface area contributed by atoms with E-state index in [0.717, 1.165) is 24.7 Å². The number of epoxide rings is 1. The number of aryl methyl sites for hydroxylation is 1. The van der Waals surface area contributed by atoms with Crippen molar-refractivity contribution in [1.29, 1.82) is 0 Å². The van der Waals surface area contributed by atoms with Crippen LogP contribution in [0.1, 0.15) is 44.1 Å². The summed E-state index contributed by atoms with van der Waals surface area (Å²) in [4.78, 5) is 0. The van der Waals surface area contributed by atoms with Crippen LogP contribution in [0.2, 0.25) is 0 Å². The zero-order valence-corrected chi connectivity index (χ0v) is 11.6. The second-order valence-electron chi connectivity index (χ2n) is 5.92. The summed E-state index contributed by atoms with van der Waals surface area (Å²) < 4.78 is 11.1. The zero-order valence-electron chi connectivity index (χ0n) is 11.6. The highest BCUT2D eigenvalue weighted by atomic mass is 16.6. The monoisotopic (exact) mass is 260 g/mol. The predicted molar refractivity (Wildman–Crippen MR) is 76.6 cm³/mol. The summed E-state index contributed by atoms with van der Waals surface area (Å²) in [5.41, 5.74) is 1.37. The third-order valence-electron chi connectivity index (χ3n) is 4.35. The number of hydrogen-bond donors (Lipinski definition) is 0. The van der Waals surface area contributed by atoms with Gasteiger partial charge in [-0.3, -0.25) is 0 Å². The molecule has 1 aromatic carbocycles. The molecular formula is C17H24O2. The Kier molecular flexibility index (Phi) is 4.39. The third kappa shape index (κ3) is 3.97. The van der Waals surface area contributed by atoms with Crippen LogP contribution < -0.4 is 4.74 Å². The first-order valence-corrected chi connectivity index (χ1v) is 7.74. The molecule has 2 nitrogen and oxygen atoms in total. The quantitative estimate of drug-likeness (QED) is 0.722. The highest BCUT2D eigenvalue weighted by Gasteiger charge is 2.23. The van der Waals surface area contributed by atoms with Gasteiger partial charge in [-0.25, -0.2) is 0 Å². The van der Waals surface area contributed by atoms with Gasteiger partial charge in [0.05, 0.1) is 6.61 Å². The van der Waals surface area contributed by atoms with E-state index in [4.69, 9.17) is 9.47 Å². The van der Waals surface area contributed by atoms with Gasteiger partial charge in [-0.15, -0.1) is 0 Å². The SMILES string of the molecule is c1ccc(OCC2CO2)c(CCC2CCCCC2)c1. The van der Waals surface area contributed by atoms with Crippen LogP contribution in [0.5, 0.6) is 5.75 Å². The van der Waals surface area contributed by atoms with E-state index in [2.05, 4.69) is 24.3 Å². The molecule has 0 radical (unpaired) electrons. The van der Waals surface area contributed by atoms with Crippen molar-refractivity contribution in [2.75, 3.05) is 13.2 Å². The maximum Gasteiger partial charge on any atom is 0.122 e. The van der Waals surface area contributed by atoms with E-state index in [1.165, 1.54) is 44.1 Å². The van der Waals surface area contributed by atoms with Gasteiger partial charge in [-0.05, 0) is 30.4 Å². The third-order valence-corrected chi connectivity index (χ3v) is 4.35. The summed E-state index contributed by atoms with van der Waals surface area (Å²) in [5, 5.41) is 0. The molecule has 1 saturated heterocycles. The first-order valence-electron chi connectivity index (χ1n) is 7.74. The van der Waals surface area contributed by atoms with Crippen molar-refractivity contribution in [2.45, 2.75) is 51.0 Å². The summed E-state index contributed by atoms with van der Waals surface area (Å²) in [5.74, 6) is 2.00. The van der Waals surface area contributed by atoms with Crippen molar-refractivity contribution in [3.63, 3.8) is 0 Å². The van der Waals surface area contributed by atoms with Gasteiger partial charge < -0.3 is 9.47 Å². The Hall–Kier alpha value is -1.02. The molecule has 0 aromatic heterocycles. The van der Waals surface area contributed by atoms with Crippen molar-refractivity contribution < 1.29 is 9.47 Å². The molecule has 2 fully saturated rings. The van der Waals surface area contributed by atoms with E-state index in [1.807, 2.05) is 0 Å². The van der Waals surface area contributed by atoms with Gasteiger partial charge in [0, 0.05) is 0 Å². The van der Waals surface area contributed by atoms with Crippen molar-refractivity contribution in [3.8, 4) is 5.75 Å². The molecule has 0 N–H and O–H groups in total. The highest BCUT2D eigenvalue weighted by molar-refractivity contribution is 5.33. The van der Waals surface area contributed by atoms with Crippen molar-refractivity contribution in [3.05, 3.63) is 29.8 Å². The molecule has 2 aliphatic rings. The van der Waals surface area contributed by atoms with E-state index in [-0.39, 0.29) is 0 Å². The normalized spacial score (nSPS) is 23.3. The molecule has 3 rings (SSSR count). The van der Waals surface area contributed by atoms with E-state index in [0.29, 0.717) is 12.7 Å². The first-order chi connectivity index (χ1) is 9.42. The van der Waals surface area contributed by atoms with E-state index >= 15 is 0 Å². The van der Waals surface area contributed by atoms with Crippen LogP contribution in [0.3, 0.4) is 0 Å². The summed E-state index contributed by atoms with van der Waals surface area (Å²) >= 11 is 0. The largest absolute Gasteiger partial charge is 0.491 e. The second-order valence-corrected chi connectivity index (χ2v) is 5.92. The fraction of sp³-hybridized carbons (Fsp3) is 0.647. The lowest BCUT2D eigenvalue weighted by Gasteiger charge is -2.21. The maximum absolute atomic E-state index is 5.88. The molecule has 104 valence electrons. The lowest BCUT2D eigenvalue weighted by molar-refractivity contribution is 0.260. The smallest absolute Gasteiger partial charge is 0.122 e. The fourth-order valence-corrected chi connectivity index (χ4v) is 3.03. The van der Waals surface area contributed by atoms with E-state index in [1.54, 1.807) is 0 Å². The Labute approximate surface area is 116 Å². The van der Waals surface area contributed by atoms with Gasteiger partial charge in [0.25, 0.3) is 0 Å². The molecule has 19 heavy (non-hydrogen) atoms. The number of rotatable bonds is 6. The second kappa shape index (κ2) is 6.42. The topological polar surface area (TPSA) is 21.8 Å². The van der Waals surface area contributed by atoms with Crippen LogP contribution >= 0.6 is 0 Å². The lowest BCUT2D eigenvalue weighted by Crippen LogP contribution is -2.09. The molecular weight excluding hydrogens is 236 g/mol. The summed E-state index contributed by atoms with van der Waals surface area (Å²) in [6.07, 6.45) is 9.98. The minimum Gasteiger partial charge on any atom is -0.491 e. The molecule has 1 heterocycles. The van der Waals surface area contributed by atoms with Crippen LogP contribution in [0, 0.1) is 5.92 Å². The molecule has 0 spiro atoms. The average molecular weight is 260 g/mol. The predicted octanol–water partition coefficient (Wildman–Crippen LogP) is 3.98. The maximum atomic E-state index is 5.88. The number of para-hydroxylation sites is 1. The molecule has 0 bridgehead atoms. The van der Waals surface area contributed by atoms with Crippen molar-refractivity contribution >= 4 is 0 Å². The van der Waals surface area contributed by atoms with Gasteiger partial charge in [0.15, 0.2) is 0 Å². The van der Waals surface area contributed by atoms with Crippen molar-refractivity contribution in [1.82, 2.24) is 0 Å². The fourth-order valence-electron chi connectivity index (χ4n) is 3.03. The Morgan fingerprint density at radius 1 is 1.11 bits per heavy atom. The summed E-state index contributed by atoms with van der Waals surface area (Å²) in [7, 11) is 0. The standard InChI is InChI=1S/C17H24O2/c1-2-6-14(7-3-1)10-11-15-8-4-5-9-17(15)19-13-16-12-18-16/h4-5,8-9,14,16H,1-3,6-7,10-13H2. The number of benzene rings is 1. The Bertz CT molecular complexity index is 392. The summed E-state index contributed by atoms with van der Waals surface area (Å²) in [6, 6.07) is 8.49. The van der Waals surface area contributed by atoms with Crippen LogP contribution in [-0.2, 0) is 11.2 Å². The van der Waals surface area contributed by atoms with Crippen LogP contribution in [-0.4, -0.2) is 19.3 Å². The minimum atomic E-state index is 0.339. The Balaban J connectivity index is 1.52. The Morgan fingerprint density at radius 2 is 1.89 bits per heavy atom. The molecule has 1 atom stereocenters. The van der Waals surface area contributed by atoms with E-state index < -0.39 is 0 Å². The van der Waals surface area contributed by atoms with Crippen LogP contribution in [0.4, 0.5) is 0 Å². The lowest BCUT2D eigenvalue weighted by atomic mass is 9.85. The molecule has 1 aliphatic carbocycles. The van der Waals surface area contributed by atoms with Gasteiger partial charge >= 0.3 is 0 Å². The molecule has 1 saturated carbocycles. The van der Waals surface area contributed by atoms with Gasteiger partial charge in [-0.1, -0.05) is 50.3 Å². The van der Waals surface area contributed by atoms with Gasteiger partial charge in [0.2, 0.25) is 0 Å². The number of hydrogen-bond acceptors (Lipinski definition) is 2. The van der Waals surface area contributed by atoms with Crippen LogP contribution in [0.25, 0.3) is 0 Å². The molecule has 2 heteroatoms. The molecule has 1 aromatic rings. The Morgan fingerprint density at radius 3 is 2.68 bits per heavy atom. The van der Waals surface area contributed by atoms with Gasteiger partial charge in [-0.2, -0.15) is 0 Å². The first kappa shape index (κ1) is 13.0. The van der Waals surface area contributed by atoms with E-state index in [9.17, 15) is 0 Å². The van der Waals surface area contributed by atoms with Gasteiger partial charge in [0.1, 0.15) is 18.5 Å². The minimum absolute atomic E-state index is 0.339.